The minimum Gasteiger partial charge on any atom is -0.495 e. The normalized spacial score (nSPS) is 15.7. The SMILES string of the molecule is COc1c(I)cc(/C=C2/SC(=O)N(CCCc3ccccc3)C2=O)cc1I. The van der Waals surface area contributed by atoms with Gasteiger partial charge in [0, 0.05) is 6.54 Å². The van der Waals surface area contributed by atoms with Gasteiger partial charge in [0.25, 0.3) is 11.1 Å². The van der Waals surface area contributed by atoms with Gasteiger partial charge in [-0.3, -0.25) is 14.5 Å². The van der Waals surface area contributed by atoms with E-state index in [0.29, 0.717) is 11.4 Å². The molecule has 3 rings (SSSR count). The highest BCUT2D eigenvalue weighted by Crippen LogP contribution is 2.34. The molecule has 1 heterocycles. The van der Waals surface area contributed by atoms with Gasteiger partial charge in [0.05, 0.1) is 19.2 Å². The Morgan fingerprint density at radius 3 is 2.41 bits per heavy atom. The molecule has 27 heavy (non-hydrogen) atoms. The minimum atomic E-state index is -0.209. The Kier molecular flexibility index (Phi) is 7.21. The van der Waals surface area contributed by atoms with Crippen LogP contribution in [0.2, 0.25) is 0 Å². The van der Waals surface area contributed by atoms with E-state index in [2.05, 4.69) is 57.3 Å². The van der Waals surface area contributed by atoms with Gasteiger partial charge < -0.3 is 4.74 Å². The maximum Gasteiger partial charge on any atom is 0.293 e. The van der Waals surface area contributed by atoms with Crippen LogP contribution in [0.3, 0.4) is 0 Å². The van der Waals surface area contributed by atoms with Crippen LogP contribution in [0.5, 0.6) is 5.75 Å². The molecule has 4 nitrogen and oxygen atoms in total. The summed E-state index contributed by atoms with van der Waals surface area (Å²) in [5, 5.41) is -0.197. The lowest BCUT2D eigenvalue weighted by atomic mass is 10.1. The molecule has 7 heteroatoms. The quantitative estimate of drug-likeness (QED) is 0.319. The average molecular weight is 605 g/mol. The molecule has 1 aliphatic rings. The fraction of sp³-hybridized carbons (Fsp3) is 0.200. The van der Waals surface area contributed by atoms with Crippen molar-refractivity contribution in [1.29, 1.82) is 0 Å². The number of amides is 2. The number of imide groups is 1. The molecule has 140 valence electrons. The van der Waals surface area contributed by atoms with Crippen LogP contribution < -0.4 is 4.74 Å². The second-order valence-electron chi connectivity index (χ2n) is 5.94. The van der Waals surface area contributed by atoms with Crippen molar-refractivity contribution in [2.75, 3.05) is 13.7 Å². The first-order valence-corrected chi connectivity index (χ1v) is 11.3. The van der Waals surface area contributed by atoms with Crippen molar-refractivity contribution < 1.29 is 14.3 Å². The Bertz CT molecular complexity index is 876. The van der Waals surface area contributed by atoms with Gasteiger partial charge in [0.2, 0.25) is 0 Å². The molecule has 0 spiro atoms. The van der Waals surface area contributed by atoms with E-state index < -0.39 is 0 Å². The number of thioether (sulfide) groups is 1. The van der Waals surface area contributed by atoms with Gasteiger partial charge in [-0.2, -0.15) is 0 Å². The van der Waals surface area contributed by atoms with Crippen molar-refractivity contribution in [2.45, 2.75) is 12.8 Å². The summed E-state index contributed by atoms with van der Waals surface area (Å²) >= 11 is 5.42. The van der Waals surface area contributed by atoms with Crippen LogP contribution in [-0.2, 0) is 11.2 Å². The van der Waals surface area contributed by atoms with Crippen LogP contribution in [0.4, 0.5) is 4.79 Å². The molecule has 0 aliphatic carbocycles. The first-order valence-electron chi connectivity index (χ1n) is 8.32. The van der Waals surface area contributed by atoms with Gasteiger partial charge in [0.15, 0.2) is 0 Å². The van der Waals surface area contributed by atoms with Gasteiger partial charge in [-0.05, 0) is 99.1 Å². The van der Waals surface area contributed by atoms with Crippen molar-refractivity contribution in [3.63, 3.8) is 0 Å². The van der Waals surface area contributed by atoms with Gasteiger partial charge in [-0.25, -0.2) is 0 Å². The van der Waals surface area contributed by atoms with Crippen LogP contribution in [0.15, 0.2) is 47.4 Å². The van der Waals surface area contributed by atoms with E-state index in [1.807, 2.05) is 30.3 Å². The lowest BCUT2D eigenvalue weighted by molar-refractivity contribution is -0.122. The highest BCUT2D eigenvalue weighted by Gasteiger charge is 2.34. The Hall–Kier alpha value is -1.07. The van der Waals surface area contributed by atoms with Crippen LogP contribution in [0.25, 0.3) is 6.08 Å². The summed E-state index contributed by atoms with van der Waals surface area (Å²) in [6.45, 7) is 0.439. The smallest absolute Gasteiger partial charge is 0.293 e. The Morgan fingerprint density at radius 2 is 1.78 bits per heavy atom. The molecule has 1 fully saturated rings. The topological polar surface area (TPSA) is 46.6 Å². The van der Waals surface area contributed by atoms with Crippen molar-refractivity contribution >= 4 is 74.2 Å². The highest BCUT2D eigenvalue weighted by molar-refractivity contribution is 14.1. The third-order valence-electron chi connectivity index (χ3n) is 4.09. The predicted octanol–water partition coefficient (Wildman–Crippen LogP) is 5.57. The monoisotopic (exact) mass is 605 g/mol. The maximum absolute atomic E-state index is 12.6. The van der Waals surface area contributed by atoms with E-state index in [1.165, 1.54) is 10.5 Å². The van der Waals surface area contributed by atoms with Crippen molar-refractivity contribution in [3.8, 4) is 5.75 Å². The average Bonchev–Trinajstić information content (AvgIpc) is 2.90. The van der Waals surface area contributed by atoms with E-state index in [9.17, 15) is 9.59 Å². The number of nitrogens with zero attached hydrogens (tertiary/aromatic N) is 1. The second kappa shape index (κ2) is 9.42. The van der Waals surface area contributed by atoms with Crippen LogP contribution in [0.1, 0.15) is 17.5 Å². The Balaban J connectivity index is 1.69. The molecule has 1 saturated heterocycles. The van der Waals surface area contributed by atoms with E-state index in [0.717, 1.165) is 43.1 Å². The molecule has 2 aromatic rings. The number of aryl methyl sites for hydroxylation is 1. The molecule has 2 aromatic carbocycles. The first kappa shape index (κ1) is 20.7. The Labute approximate surface area is 190 Å². The zero-order chi connectivity index (χ0) is 19.4. The van der Waals surface area contributed by atoms with E-state index in [4.69, 9.17) is 4.74 Å². The second-order valence-corrected chi connectivity index (χ2v) is 9.26. The summed E-state index contributed by atoms with van der Waals surface area (Å²) in [7, 11) is 1.64. The lowest BCUT2D eigenvalue weighted by Crippen LogP contribution is -2.29. The molecule has 0 atom stereocenters. The van der Waals surface area contributed by atoms with E-state index >= 15 is 0 Å². The Morgan fingerprint density at radius 1 is 1.11 bits per heavy atom. The lowest BCUT2D eigenvalue weighted by Gasteiger charge is -2.12. The summed E-state index contributed by atoms with van der Waals surface area (Å²) in [6.07, 6.45) is 3.38. The number of methoxy groups -OCH3 is 1. The number of carbonyl (C=O) groups is 2. The summed E-state index contributed by atoms with van der Waals surface area (Å²) in [6, 6.07) is 14.0. The summed E-state index contributed by atoms with van der Waals surface area (Å²) in [5.74, 6) is 0.612. The van der Waals surface area contributed by atoms with Crippen molar-refractivity contribution in [1.82, 2.24) is 4.90 Å². The van der Waals surface area contributed by atoms with Crippen LogP contribution in [-0.4, -0.2) is 29.7 Å². The number of hydrogen-bond donors (Lipinski definition) is 0. The number of ether oxygens (including phenoxy) is 1. The van der Waals surface area contributed by atoms with E-state index in [1.54, 1.807) is 13.2 Å². The number of hydrogen-bond acceptors (Lipinski definition) is 4. The van der Waals surface area contributed by atoms with Gasteiger partial charge >= 0.3 is 0 Å². The van der Waals surface area contributed by atoms with Gasteiger partial charge in [-0.1, -0.05) is 30.3 Å². The maximum atomic E-state index is 12.6. The van der Waals surface area contributed by atoms with Crippen LogP contribution in [0, 0.1) is 7.14 Å². The van der Waals surface area contributed by atoms with Crippen LogP contribution >= 0.6 is 56.9 Å². The third kappa shape index (κ3) is 5.05. The molecular weight excluding hydrogens is 588 g/mol. The van der Waals surface area contributed by atoms with Gasteiger partial charge in [-0.15, -0.1) is 0 Å². The van der Waals surface area contributed by atoms with Crippen molar-refractivity contribution in [3.05, 3.63) is 65.6 Å². The van der Waals surface area contributed by atoms with Crippen molar-refractivity contribution in [2.24, 2.45) is 0 Å². The van der Waals surface area contributed by atoms with Gasteiger partial charge in [0.1, 0.15) is 5.75 Å². The summed E-state index contributed by atoms with van der Waals surface area (Å²) in [5.41, 5.74) is 2.10. The molecule has 0 aromatic heterocycles. The molecule has 0 unspecified atom stereocenters. The fourth-order valence-corrected chi connectivity index (χ4v) is 5.91. The largest absolute Gasteiger partial charge is 0.495 e. The molecule has 0 N–H and O–H groups in total. The minimum absolute atomic E-state index is 0.197. The number of carbonyl (C=O) groups excluding carboxylic acids is 2. The zero-order valence-corrected chi connectivity index (χ0v) is 19.7. The highest BCUT2D eigenvalue weighted by atomic mass is 127. The first-order chi connectivity index (χ1) is 13.0. The fourth-order valence-electron chi connectivity index (χ4n) is 2.79. The zero-order valence-electron chi connectivity index (χ0n) is 14.6. The number of halogens is 2. The number of rotatable bonds is 6. The molecular formula is C20H17I2NO3S. The van der Waals surface area contributed by atoms with E-state index in [-0.39, 0.29) is 11.1 Å². The standard InChI is InChI=1S/C20H17I2NO3S/c1-26-18-15(21)10-14(11-16(18)22)12-17-19(24)23(20(25)27-17)9-5-8-13-6-3-2-4-7-13/h2-4,6-7,10-12H,5,8-9H2,1H3/b17-12+. The third-order valence-corrected chi connectivity index (χ3v) is 6.60. The summed E-state index contributed by atoms with van der Waals surface area (Å²) in [4.78, 5) is 26.7. The summed E-state index contributed by atoms with van der Waals surface area (Å²) < 4.78 is 7.30. The predicted molar refractivity (Wildman–Crippen MR) is 126 cm³/mol. The molecule has 0 bridgehead atoms. The molecule has 0 radical (unpaired) electrons. The molecule has 0 saturated carbocycles. The molecule has 1 aliphatic heterocycles. The number of benzene rings is 2. The molecule has 2 amide bonds.